The molecule has 1 aliphatic carbocycles. The Morgan fingerprint density at radius 2 is 1.95 bits per heavy atom. The van der Waals surface area contributed by atoms with E-state index >= 15 is 0 Å². The van der Waals surface area contributed by atoms with Crippen LogP contribution in [0.3, 0.4) is 0 Å². The molecule has 1 aromatic rings. The van der Waals surface area contributed by atoms with Crippen LogP contribution < -0.4 is 10.6 Å². The Labute approximate surface area is 114 Å². The van der Waals surface area contributed by atoms with Crippen molar-refractivity contribution in [3.63, 3.8) is 0 Å². The quantitative estimate of drug-likeness (QED) is 0.794. The summed E-state index contributed by atoms with van der Waals surface area (Å²) in [6, 6.07) is 8.23. The van der Waals surface area contributed by atoms with E-state index < -0.39 is 0 Å². The minimum absolute atomic E-state index is 0.0379. The summed E-state index contributed by atoms with van der Waals surface area (Å²) < 4.78 is 5.25. The molecular formula is C15H22N2O2. The van der Waals surface area contributed by atoms with E-state index in [0.717, 1.165) is 23.9 Å². The number of ether oxygens (including phenoxy) is 1. The van der Waals surface area contributed by atoms with Crippen LogP contribution in [-0.4, -0.2) is 25.7 Å². The summed E-state index contributed by atoms with van der Waals surface area (Å²) in [6.45, 7) is 2.58. The highest BCUT2D eigenvalue weighted by Gasteiger charge is 2.30. The summed E-state index contributed by atoms with van der Waals surface area (Å²) in [5, 5.41) is 6.34. The summed E-state index contributed by atoms with van der Waals surface area (Å²) in [4.78, 5) is 11.3. The highest BCUT2D eigenvalue weighted by molar-refractivity contribution is 5.90. The lowest BCUT2D eigenvalue weighted by Gasteiger charge is -2.18. The summed E-state index contributed by atoms with van der Waals surface area (Å²) in [5.74, 6) is 0.773. The van der Waals surface area contributed by atoms with Gasteiger partial charge in [-0.1, -0.05) is 6.92 Å². The van der Waals surface area contributed by atoms with Crippen LogP contribution in [-0.2, 0) is 9.53 Å². The van der Waals surface area contributed by atoms with E-state index in [1.54, 1.807) is 7.11 Å². The van der Waals surface area contributed by atoms with E-state index in [1.165, 1.54) is 12.8 Å². The molecule has 2 N–H and O–H groups in total. The second-order valence-corrected chi connectivity index (χ2v) is 5.02. The molecule has 1 aliphatic rings. The van der Waals surface area contributed by atoms with Crippen molar-refractivity contribution >= 4 is 17.3 Å². The van der Waals surface area contributed by atoms with Crippen molar-refractivity contribution < 1.29 is 9.53 Å². The number of methoxy groups -OCH3 is 1. The molecule has 1 fully saturated rings. The maximum atomic E-state index is 11.3. The third kappa shape index (κ3) is 4.24. The lowest BCUT2D eigenvalue weighted by molar-refractivity contribution is -0.115. The van der Waals surface area contributed by atoms with Gasteiger partial charge in [0.2, 0.25) is 5.91 Å². The molecule has 1 amide bonds. The van der Waals surface area contributed by atoms with Crippen LogP contribution in [0.15, 0.2) is 24.3 Å². The van der Waals surface area contributed by atoms with Crippen molar-refractivity contribution in [2.75, 3.05) is 24.4 Å². The van der Waals surface area contributed by atoms with Crippen LogP contribution in [0.5, 0.6) is 0 Å². The highest BCUT2D eigenvalue weighted by Crippen LogP contribution is 2.34. The van der Waals surface area contributed by atoms with Crippen molar-refractivity contribution in [3.05, 3.63) is 24.3 Å². The van der Waals surface area contributed by atoms with Crippen molar-refractivity contribution in [3.8, 4) is 0 Å². The molecule has 1 unspecified atom stereocenters. The lowest BCUT2D eigenvalue weighted by atomic mass is 10.2. The average Bonchev–Trinajstić information content (AvgIpc) is 3.24. The Kier molecular flexibility index (Phi) is 4.80. The molecule has 4 nitrogen and oxygen atoms in total. The van der Waals surface area contributed by atoms with Gasteiger partial charge in [0.05, 0.1) is 12.6 Å². The Morgan fingerprint density at radius 3 is 2.47 bits per heavy atom. The topological polar surface area (TPSA) is 50.4 Å². The zero-order valence-corrected chi connectivity index (χ0v) is 11.6. The van der Waals surface area contributed by atoms with Gasteiger partial charge in [0.1, 0.15) is 0 Å². The van der Waals surface area contributed by atoms with Crippen LogP contribution in [0.4, 0.5) is 11.4 Å². The molecule has 19 heavy (non-hydrogen) atoms. The summed E-state index contributed by atoms with van der Waals surface area (Å²) in [5.41, 5.74) is 1.91. The van der Waals surface area contributed by atoms with Crippen LogP contribution >= 0.6 is 0 Å². The molecule has 0 saturated heterocycles. The Balaban J connectivity index is 1.91. The average molecular weight is 262 g/mol. The van der Waals surface area contributed by atoms with E-state index in [2.05, 4.69) is 10.6 Å². The zero-order chi connectivity index (χ0) is 13.7. The molecule has 0 spiro atoms. The first-order chi connectivity index (χ1) is 9.22. The normalized spacial score (nSPS) is 15.9. The fraction of sp³-hybridized carbons (Fsp3) is 0.533. The van der Waals surface area contributed by atoms with Gasteiger partial charge >= 0.3 is 0 Å². The van der Waals surface area contributed by atoms with Gasteiger partial charge in [-0.2, -0.15) is 0 Å². The van der Waals surface area contributed by atoms with Gasteiger partial charge in [0.15, 0.2) is 0 Å². The van der Waals surface area contributed by atoms with E-state index in [0.29, 0.717) is 12.5 Å². The highest BCUT2D eigenvalue weighted by atomic mass is 16.5. The first-order valence-electron chi connectivity index (χ1n) is 6.88. The number of carbonyl (C=O) groups is 1. The number of amides is 1. The zero-order valence-electron chi connectivity index (χ0n) is 11.6. The summed E-state index contributed by atoms with van der Waals surface area (Å²) in [6.07, 6.45) is 3.06. The number of hydrogen-bond donors (Lipinski definition) is 2. The molecule has 4 heteroatoms. The van der Waals surface area contributed by atoms with E-state index in [-0.39, 0.29) is 5.91 Å². The third-order valence-corrected chi connectivity index (χ3v) is 3.38. The molecule has 0 bridgehead atoms. The summed E-state index contributed by atoms with van der Waals surface area (Å²) >= 11 is 0. The van der Waals surface area contributed by atoms with Crippen LogP contribution in [0.2, 0.25) is 0 Å². The van der Waals surface area contributed by atoms with E-state index in [4.69, 9.17) is 4.74 Å². The molecule has 104 valence electrons. The van der Waals surface area contributed by atoms with Gasteiger partial charge in [0, 0.05) is 24.9 Å². The first kappa shape index (κ1) is 13.9. The van der Waals surface area contributed by atoms with Gasteiger partial charge in [-0.15, -0.1) is 0 Å². The monoisotopic (exact) mass is 262 g/mol. The number of rotatable bonds is 7. The number of hydrogen-bond acceptors (Lipinski definition) is 3. The first-order valence-corrected chi connectivity index (χ1v) is 6.88. The smallest absolute Gasteiger partial charge is 0.224 e. The Bertz CT molecular complexity index is 413. The fourth-order valence-electron chi connectivity index (χ4n) is 2.09. The van der Waals surface area contributed by atoms with Gasteiger partial charge in [0.25, 0.3) is 0 Å². The number of anilines is 2. The lowest BCUT2D eigenvalue weighted by Crippen LogP contribution is -2.27. The Hall–Kier alpha value is -1.55. The molecule has 1 saturated carbocycles. The second kappa shape index (κ2) is 6.57. The number of benzene rings is 1. The van der Waals surface area contributed by atoms with E-state index in [1.807, 2.05) is 31.2 Å². The van der Waals surface area contributed by atoms with Crippen LogP contribution in [0, 0.1) is 5.92 Å². The van der Waals surface area contributed by atoms with Gasteiger partial charge < -0.3 is 15.4 Å². The molecule has 0 radical (unpaired) electrons. The minimum atomic E-state index is 0.0379. The second-order valence-electron chi connectivity index (χ2n) is 5.02. The fourth-order valence-corrected chi connectivity index (χ4v) is 2.09. The van der Waals surface area contributed by atoms with Crippen LogP contribution in [0.25, 0.3) is 0 Å². The molecule has 2 rings (SSSR count). The maximum Gasteiger partial charge on any atom is 0.224 e. The summed E-state index contributed by atoms with van der Waals surface area (Å²) in [7, 11) is 1.74. The standard InChI is InChI=1S/C15H22N2O2/c1-3-15(18)17-13-8-6-12(7-9-13)16-14(10-19-2)11-4-5-11/h6-9,11,14,16H,3-5,10H2,1-2H3,(H,17,18). The minimum Gasteiger partial charge on any atom is -0.383 e. The van der Waals surface area contributed by atoms with E-state index in [9.17, 15) is 4.79 Å². The van der Waals surface area contributed by atoms with Crippen molar-refractivity contribution in [2.45, 2.75) is 32.2 Å². The molecule has 0 aromatic heterocycles. The third-order valence-electron chi connectivity index (χ3n) is 3.38. The largest absolute Gasteiger partial charge is 0.383 e. The van der Waals surface area contributed by atoms with Crippen molar-refractivity contribution in [1.82, 2.24) is 0 Å². The molecule has 0 aliphatic heterocycles. The Morgan fingerprint density at radius 1 is 1.32 bits per heavy atom. The molecule has 1 atom stereocenters. The number of carbonyl (C=O) groups excluding carboxylic acids is 1. The maximum absolute atomic E-state index is 11.3. The predicted octanol–water partition coefficient (Wildman–Crippen LogP) is 2.87. The van der Waals surface area contributed by atoms with Gasteiger partial charge in [-0.05, 0) is 43.0 Å². The van der Waals surface area contributed by atoms with Crippen molar-refractivity contribution in [1.29, 1.82) is 0 Å². The van der Waals surface area contributed by atoms with Crippen LogP contribution in [0.1, 0.15) is 26.2 Å². The van der Waals surface area contributed by atoms with Crippen molar-refractivity contribution in [2.24, 2.45) is 5.92 Å². The molecule has 1 aromatic carbocycles. The molecular weight excluding hydrogens is 240 g/mol. The predicted molar refractivity (Wildman–Crippen MR) is 77.4 cm³/mol. The molecule has 0 heterocycles. The van der Waals surface area contributed by atoms with Gasteiger partial charge in [-0.25, -0.2) is 0 Å². The number of nitrogens with one attached hydrogen (secondary N) is 2. The SMILES string of the molecule is CCC(=O)Nc1ccc(NC(COC)C2CC2)cc1. The van der Waals surface area contributed by atoms with Gasteiger partial charge in [-0.3, -0.25) is 4.79 Å².